The summed E-state index contributed by atoms with van der Waals surface area (Å²) in [7, 11) is 4.13. The maximum atomic E-state index is 12.1. The predicted molar refractivity (Wildman–Crippen MR) is 138 cm³/mol. The molecule has 1 heterocycles. The average Bonchev–Trinajstić information content (AvgIpc) is 3.25. The Morgan fingerprint density at radius 2 is 1.88 bits per heavy atom. The van der Waals surface area contributed by atoms with Gasteiger partial charge in [-0.15, -0.1) is 0 Å². The van der Waals surface area contributed by atoms with Gasteiger partial charge in [0.05, 0.1) is 23.5 Å². The van der Waals surface area contributed by atoms with E-state index < -0.39 is 24.0 Å². The number of nitrogens with two attached hydrogens (primary N) is 2. The van der Waals surface area contributed by atoms with Gasteiger partial charge in [-0.3, -0.25) is 10.2 Å². The van der Waals surface area contributed by atoms with Gasteiger partial charge >= 0.3 is 11.9 Å². The lowest BCUT2D eigenvalue weighted by atomic mass is 10.2. The number of carbonyl (C=O) groups is 2. The number of aromatic nitrogens is 1. The number of nitrogens with one attached hydrogen (secondary N) is 1. The first-order chi connectivity index (χ1) is 16.4. The van der Waals surface area contributed by atoms with Crippen molar-refractivity contribution in [3.8, 4) is 11.5 Å². The molecule has 6 N–H and O–H groups in total. The van der Waals surface area contributed by atoms with Crippen molar-refractivity contribution in [1.82, 2.24) is 4.98 Å². The van der Waals surface area contributed by atoms with Crippen LogP contribution in [0.2, 0.25) is 0 Å². The summed E-state index contributed by atoms with van der Waals surface area (Å²) in [6, 6.07) is 10.6. The third-order valence-electron chi connectivity index (χ3n) is 4.27. The van der Waals surface area contributed by atoms with E-state index in [9.17, 15) is 9.59 Å². The quantitative estimate of drug-likeness (QED) is 0.0692. The van der Waals surface area contributed by atoms with Crippen LogP contribution in [0.1, 0.15) is 5.56 Å². The van der Waals surface area contributed by atoms with Gasteiger partial charge in [-0.2, -0.15) is 5.10 Å². The highest BCUT2D eigenvalue weighted by Gasteiger charge is 2.17. The molecule has 0 saturated heterocycles. The molecule has 10 nitrogen and oxygen atoms in total. The summed E-state index contributed by atoms with van der Waals surface area (Å²) in [6.45, 7) is 0. The number of carboxylic acids is 1. The Morgan fingerprint density at radius 3 is 2.56 bits per heavy atom. The van der Waals surface area contributed by atoms with Crippen molar-refractivity contribution in [3.05, 3.63) is 48.0 Å². The zero-order chi connectivity index (χ0) is 24.5. The summed E-state index contributed by atoms with van der Waals surface area (Å²) < 4.78 is 11.6. The largest absolute Gasteiger partial charge is 0.495 e. The fourth-order valence-corrected chi connectivity index (χ4v) is 5.62. The molecular formula is C21H23N5O5S3. The molecule has 2 atom stereocenters. The molecule has 2 unspecified atom stereocenters. The molecule has 180 valence electrons. The lowest BCUT2D eigenvalue weighted by Gasteiger charge is -2.11. The molecule has 0 aliphatic heterocycles. The first kappa shape index (κ1) is 25.8. The number of benzene rings is 2. The molecule has 0 amide bonds. The van der Waals surface area contributed by atoms with Crippen molar-refractivity contribution in [2.75, 3.05) is 24.0 Å². The number of rotatable bonds is 12. The minimum atomic E-state index is -1.07. The average molecular weight is 522 g/mol. The van der Waals surface area contributed by atoms with Crippen LogP contribution in [0.4, 0.5) is 5.13 Å². The number of carbonyl (C=O) groups excluding carboxylic acids is 1. The number of hydrogen-bond donors (Lipinski definition) is 4. The van der Waals surface area contributed by atoms with Gasteiger partial charge < -0.3 is 26.0 Å². The van der Waals surface area contributed by atoms with Crippen molar-refractivity contribution < 1.29 is 24.2 Å². The highest BCUT2D eigenvalue weighted by molar-refractivity contribution is 8.76. The van der Waals surface area contributed by atoms with Gasteiger partial charge in [0, 0.05) is 11.5 Å². The zero-order valence-electron chi connectivity index (χ0n) is 18.0. The lowest BCUT2D eigenvalue weighted by molar-refractivity contribution is -0.138. The highest BCUT2D eigenvalue weighted by Crippen LogP contribution is 2.33. The second-order valence-electron chi connectivity index (χ2n) is 6.81. The summed E-state index contributed by atoms with van der Waals surface area (Å²) in [4.78, 5) is 27.3. The van der Waals surface area contributed by atoms with Crippen LogP contribution in [0.5, 0.6) is 11.5 Å². The van der Waals surface area contributed by atoms with Crippen LogP contribution < -0.4 is 26.4 Å². The predicted octanol–water partition coefficient (Wildman–Crippen LogP) is 2.78. The molecule has 1 aromatic heterocycles. The number of thiazole rings is 1. The number of esters is 1. The molecule has 0 aliphatic rings. The Morgan fingerprint density at radius 1 is 1.18 bits per heavy atom. The van der Waals surface area contributed by atoms with Gasteiger partial charge in [0.15, 0.2) is 0 Å². The smallest absolute Gasteiger partial charge is 0.329 e. The van der Waals surface area contributed by atoms with Gasteiger partial charge in [-0.25, -0.2) is 9.78 Å². The minimum Gasteiger partial charge on any atom is -0.495 e. The monoisotopic (exact) mass is 521 g/mol. The van der Waals surface area contributed by atoms with Crippen molar-refractivity contribution in [1.29, 1.82) is 0 Å². The lowest BCUT2D eigenvalue weighted by Crippen LogP contribution is -2.36. The highest BCUT2D eigenvalue weighted by atomic mass is 33.1. The number of aliphatic carboxylic acids is 1. The van der Waals surface area contributed by atoms with Crippen LogP contribution in [0, 0.1) is 0 Å². The van der Waals surface area contributed by atoms with E-state index in [1.54, 1.807) is 37.6 Å². The summed E-state index contributed by atoms with van der Waals surface area (Å²) in [5.41, 5.74) is 15.8. The van der Waals surface area contributed by atoms with Crippen molar-refractivity contribution in [2.24, 2.45) is 16.6 Å². The van der Waals surface area contributed by atoms with E-state index in [0.29, 0.717) is 10.9 Å². The molecule has 13 heteroatoms. The number of hydrazone groups is 1. The Hall–Kier alpha value is -2.84. The van der Waals surface area contributed by atoms with Crippen LogP contribution >= 0.6 is 32.9 Å². The van der Waals surface area contributed by atoms with Crippen molar-refractivity contribution in [2.45, 2.75) is 12.1 Å². The maximum absolute atomic E-state index is 12.1. The SMILES string of the molecule is COc1cccc2nc(NN=Cc3ccc(OC(=O)C(N)CSSCC(N)C(=O)O)cc3)sc12. The van der Waals surface area contributed by atoms with Crippen LogP contribution in [-0.4, -0.2) is 58.9 Å². The van der Waals surface area contributed by atoms with Crippen LogP contribution in [0.25, 0.3) is 10.2 Å². The molecular weight excluding hydrogens is 498 g/mol. The molecule has 0 fully saturated rings. The molecule has 2 aromatic carbocycles. The molecule has 0 saturated carbocycles. The second kappa shape index (κ2) is 12.6. The van der Waals surface area contributed by atoms with Gasteiger partial charge in [0.1, 0.15) is 23.6 Å². The first-order valence-electron chi connectivity index (χ1n) is 9.90. The minimum absolute atomic E-state index is 0.215. The summed E-state index contributed by atoms with van der Waals surface area (Å²) in [5, 5.41) is 13.6. The number of anilines is 1. The molecule has 34 heavy (non-hydrogen) atoms. The van der Waals surface area contributed by atoms with Crippen molar-refractivity contribution >= 4 is 66.4 Å². The van der Waals surface area contributed by atoms with E-state index in [2.05, 4.69) is 15.5 Å². The van der Waals surface area contributed by atoms with E-state index in [1.165, 1.54) is 32.9 Å². The zero-order valence-corrected chi connectivity index (χ0v) is 20.5. The van der Waals surface area contributed by atoms with Crippen LogP contribution in [0.15, 0.2) is 47.6 Å². The second-order valence-corrected chi connectivity index (χ2v) is 10.4. The molecule has 0 bridgehead atoms. The number of fused-ring (bicyclic) bond motifs is 1. The number of carboxylic acid groups (broad SMARTS) is 1. The maximum Gasteiger partial charge on any atom is 0.329 e. The summed E-state index contributed by atoms with van der Waals surface area (Å²) in [6.07, 6.45) is 1.62. The Balaban J connectivity index is 1.45. The standard InChI is InChI=1S/C21H23N5O5S3/c1-30-17-4-2-3-16-18(17)34-21(25-16)26-24-9-12-5-7-13(8-6-12)31-20(29)15(23)11-33-32-10-14(22)19(27)28/h2-9,14-15H,10-11,22-23H2,1H3,(H,25,26)(H,27,28). The summed E-state index contributed by atoms with van der Waals surface area (Å²) in [5.74, 6) is -0.0501. The molecule has 0 spiro atoms. The number of hydrogen-bond acceptors (Lipinski definition) is 12. The molecule has 0 radical (unpaired) electrons. The number of ether oxygens (including phenoxy) is 2. The van der Waals surface area contributed by atoms with Crippen LogP contribution in [-0.2, 0) is 9.59 Å². The van der Waals surface area contributed by atoms with Gasteiger partial charge in [0.2, 0.25) is 5.13 Å². The van der Waals surface area contributed by atoms with Gasteiger partial charge in [-0.1, -0.05) is 39.0 Å². The van der Waals surface area contributed by atoms with E-state index in [0.717, 1.165) is 21.5 Å². The van der Waals surface area contributed by atoms with Gasteiger partial charge in [-0.05, 0) is 42.0 Å². The topological polar surface area (TPSA) is 162 Å². The number of methoxy groups -OCH3 is 1. The van der Waals surface area contributed by atoms with E-state index in [1.807, 2.05) is 18.2 Å². The van der Waals surface area contributed by atoms with E-state index in [-0.39, 0.29) is 11.5 Å². The number of nitrogens with zero attached hydrogens (tertiary/aromatic N) is 2. The third kappa shape index (κ3) is 7.33. The molecule has 0 aliphatic carbocycles. The van der Waals surface area contributed by atoms with Crippen molar-refractivity contribution in [3.63, 3.8) is 0 Å². The van der Waals surface area contributed by atoms with Gasteiger partial charge in [0.25, 0.3) is 0 Å². The van der Waals surface area contributed by atoms with Crippen LogP contribution in [0.3, 0.4) is 0 Å². The third-order valence-corrected chi connectivity index (χ3v) is 7.73. The molecule has 3 rings (SSSR count). The first-order valence-corrected chi connectivity index (χ1v) is 13.2. The normalized spacial score (nSPS) is 13.0. The fourth-order valence-electron chi connectivity index (χ4n) is 2.49. The van der Waals surface area contributed by atoms with E-state index in [4.69, 9.17) is 26.0 Å². The Bertz CT molecular complexity index is 1160. The molecule has 3 aromatic rings. The van der Waals surface area contributed by atoms with E-state index >= 15 is 0 Å². The Kier molecular flexibility index (Phi) is 9.53. The summed E-state index contributed by atoms with van der Waals surface area (Å²) >= 11 is 1.44. The Labute approximate surface area is 207 Å². The fraction of sp³-hybridized carbons (Fsp3) is 0.238.